The average Bonchev–Trinajstić information content (AvgIpc) is 3.10. The molecule has 24 heavy (non-hydrogen) atoms. The van der Waals surface area contributed by atoms with E-state index in [0.717, 1.165) is 0 Å². The summed E-state index contributed by atoms with van der Waals surface area (Å²) in [7, 11) is 0. The standard InChI is InChI=1S/C16H15N5O3/c1-2-18-16(24)20-10-3-4-13-11(7-10)14(22)12(8-19-13)15(23)21-6-5-17-9-21/h3-9H,2H2,1H3,(H,19,22)(H2,18,20,24). The molecular formula is C16H15N5O3. The number of pyridine rings is 1. The van der Waals surface area contributed by atoms with Gasteiger partial charge in [0.05, 0.1) is 0 Å². The van der Waals surface area contributed by atoms with Gasteiger partial charge < -0.3 is 15.6 Å². The summed E-state index contributed by atoms with van der Waals surface area (Å²) in [6.07, 6.45) is 5.64. The number of carbonyl (C=O) groups excluding carboxylic acids is 2. The normalized spacial score (nSPS) is 10.5. The molecular weight excluding hydrogens is 310 g/mol. The number of fused-ring (bicyclic) bond motifs is 1. The largest absolute Gasteiger partial charge is 0.360 e. The number of carbonyl (C=O) groups is 2. The Balaban J connectivity index is 2.02. The lowest BCUT2D eigenvalue weighted by Crippen LogP contribution is -2.28. The maximum atomic E-state index is 12.6. The Bertz CT molecular complexity index is 960. The van der Waals surface area contributed by atoms with E-state index in [2.05, 4.69) is 20.6 Å². The minimum atomic E-state index is -0.474. The third-order valence-electron chi connectivity index (χ3n) is 3.45. The van der Waals surface area contributed by atoms with Crippen LogP contribution in [0.25, 0.3) is 10.9 Å². The summed E-state index contributed by atoms with van der Waals surface area (Å²) >= 11 is 0. The Morgan fingerprint density at radius 3 is 2.88 bits per heavy atom. The number of hydrogen-bond acceptors (Lipinski definition) is 4. The first-order valence-corrected chi connectivity index (χ1v) is 7.33. The number of benzene rings is 1. The lowest BCUT2D eigenvalue weighted by atomic mass is 10.1. The number of aromatic nitrogens is 3. The van der Waals surface area contributed by atoms with E-state index in [9.17, 15) is 14.4 Å². The van der Waals surface area contributed by atoms with Crippen LogP contribution in [-0.4, -0.2) is 33.0 Å². The summed E-state index contributed by atoms with van der Waals surface area (Å²) in [6.45, 7) is 2.29. The lowest BCUT2D eigenvalue weighted by Gasteiger charge is -2.08. The molecule has 2 amide bonds. The average molecular weight is 325 g/mol. The van der Waals surface area contributed by atoms with Crippen molar-refractivity contribution in [2.75, 3.05) is 11.9 Å². The van der Waals surface area contributed by atoms with E-state index in [0.29, 0.717) is 23.1 Å². The SMILES string of the molecule is CCNC(=O)Nc1ccc2[nH]cc(C(=O)n3ccnc3)c(=O)c2c1. The summed E-state index contributed by atoms with van der Waals surface area (Å²) in [4.78, 5) is 43.3. The number of amides is 2. The zero-order valence-corrected chi connectivity index (χ0v) is 12.9. The van der Waals surface area contributed by atoms with Crippen LogP contribution in [0.2, 0.25) is 0 Å². The van der Waals surface area contributed by atoms with Gasteiger partial charge in [0.25, 0.3) is 5.91 Å². The summed E-state index contributed by atoms with van der Waals surface area (Å²) in [6, 6.07) is 4.52. The van der Waals surface area contributed by atoms with Crippen molar-refractivity contribution in [3.8, 4) is 0 Å². The molecule has 0 fully saturated rings. The first-order chi connectivity index (χ1) is 11.6. The highest BCUT2D eigenvalue weighted by Gasteiger charge is 2.15. The Hall–Kier alpha value is -3.42. The van der Waals surface area contributed by atoms with Gasteiger partial charge in [-0.05, 0) is 25.1 Å². The number of aromatic amines is 1. The number of anilines is 1. The van der Waals surface area contributed by atoms with Crippen LogP contribution >= 0.6 is 0 Å². The molecule has 0 spiro atoms. The Labute approximate surface area is 136 Å². The third kappa shape index (κ3) is 2.89. The molecule has 3 rings (SSSR count). The number of rotatable bonds is 3. The van der Waals surface area contributed by atoms with Crippen LogP contribution in [0.1, 0.15) is 17.3 Å². The van der Waals surface area contributed by atoms with E-state index < -0.39 is 11.3 Å². The zero-order valence-electron chi connectivity index (χ0n) is 12.9. The van der Waals surface area contributed by atoms with Gasteiger partial charge in [-0.2, -0.15) is 0 Å². The fraction of sp³-hybridized carbons (Fsp3) is 0.125. The molecule has 8 nitrogen and oxygen atoms in total. The molecule has 0 saturated carbocycles. The van der Waals surface area contributed by atoms with Gasteiger partial charge in [-0.25, -0.2) is 9.78 Å². The minimum Gasteiger partial charge on any atom is -0.360 e. The molecule has 0 atom stereocenters. The Morgan fingerprint density at radius 1 is 1.33 bits per heavy atom. The van der Waals surface area contributed by atoms with E-state index in [4.69, 9.17) is 0 Å². The predicted octanol–water partition coefficient (Wildman–Crippen LogP) is 1.55. The van der Waals surface area contributed by atoms with Crippen molar-refractivity contribution < 1.29 is 9.59 Å². The maximum absolute atomic E-state index is 12.6. The van der Waals surface area contributed by atoms with Crippen molar-refractivity contribution in [1.82, 2.24) is 19.9 Å². The molecule has 0 aliphatic heterocycles. The first-order valence-electron chi connectivity index (χ1n) is 7.33. The molecule has 2 heterocycles. The molecule has 122 valence electrons. The van der Waals surface area contributed by atoms with Crippen LogP contribution in [-0.2, 0) is 0 Å². The fourth-order valence-corrected chi connectivity index (χ4v) is 2.31. The molecule has 0 saturated heterocycles. The third-order valence-corrected chi connectivity index (χ3v) is 3.45. The summed E-state index contributed by atoms with van der Waals surface area (Å²) in [5, 5.41) is 5.55. The summed E-state index contributed by atoms with van der Waals surface area (Å²) in [5.41, 5.74) is 0.618. The van der Waals surface area contributed by atoms with Crippen LogP contribution < -0.4 is 16.1 Å². The van der Waals surface area contributed by atoms with Gasteiger partial charge in [0.1, 0.15) is 11.9 Å². The van der Waals surface area contributed by atoms with Crippen LogP contribution in [0.5, 0.6) is 0 Å². The van der Waals surface area contributed by atoms with Crippen LogP contribution in [0.3, 0.4) is 0 Å². The van der Waals surface area contributed by atoms with Crippen molar-refractivity contribution in [3.05, 3.63) is 58.9 Å². The topological polar surface area (TPSA) is 109 Å². The summed E-state index contributed by atoms with van der Waals surface area (Å²) in [5.74, 6) is -0.474. The molecule has 3 N–H and O–H groups in total. The highest BCUT2D eigenvalue weighted by Crippen LogP contribution is 2.15. The van der Waals surface area contributed by atoms with Crippen LogP contribution in [0.4, 0.5) is 10.5 Å². The van der Waals surface area contributed by atoms with E-state index in [1.165, 1.54) is 35.6 Å². The summed E-state index contributed by atoms with van der Waals surface area (Å²) < 4.78 is 1.23. The van der Waals surface area contributed by atoms with Gasteiger partial charge in [-0.1, -0.05) is 0 Å². The van der Waals surface area contributed by atoms with Crippen LogP contribution in [0, 0.1) is 0 Å². The minimum absolute atomic E-state index is 0.00402. The number of urea groups is 1. The van der Waals surface area contributed by atoms with Gasteiger partial charge in [0.2, 0.25) is 5.43 Å². The molecule has 3 aromatic rings. The molecule has 0 aliphatic rings. The molecule has 0 bridgehead atoms. The second-order valence-corrected chi connectivity index (χ2v) is 5.05. The molecule has 2 aromatic heterocycles. The van der Waals surface area contributed by atoms with E-state index in [1.54, 1.807) is 19.1 Å². The highest BCUT2D eigenvalue weighted by atomic mass is 16.2. The molecule has 1 aromatic carbocycles. The number of nitrogens with zero attached hydrogens (tertiary/aromatic N) is 2. The maximum Gasteiger partial charge on any atom is 0.319 e. The van der Waals surface area contributed by atoms with E-state index in [-0.39, 0.29) is 11.6 Å². The first kappa shape index (κ1) is 15.5. The molecule has 0 radical (unpaired) electrons. The zero-order chi connectivity index (χ0) is 17.1. The Kier molecular flexibility index (Phi) is 4.11. The number of imidazole rings is 1. The highest BCUT2D eigenvalue weighted by molar-refractivity contribution is 5.99. The molecule has 0 aliphatic carbocycles. The smallest absolute Gasteiger partial charge is 0.319 e. The second kappa shape index (κ2) is 6.37. The van der Waals surface area contributed by atoms with Gasteiger partial charge in [0, 0.05) is 41.7 Å². The van der Waals surface area contributed by atoms with Gasteiger partial charge >= 0.3 is 6.03 Å². The number of hydrogen-bond donors (Lipinski definition) is 3. The monoisotopic (exact) mass is 325 g/mol. The van der Waals surface area contributed by atoms with Gasteiger partial charge in [-0.15, -0.1) is 0 Å². The van der Waals surface area contributed by atoms with E-state index in [1.807, 2.05) is 0 Å². The van der Waals surface area contributed by atoms with Gasteiger partial charge in [0.15, 0.2) is 0 Å². The van der Waals surface area contributed by atoms with Crippen molar-refractivity contribution >= 4 is 28.5 Å². The van der Waals surface area contributed by atoms with Gasteiger partial charge in [-0.3, -0.25) is 14.2 Å². The van der Waals surface area contributed by atoms with Crippen molar-refractivity contribution in [2.45, 2.75) is 6.92 Å². The van der Waals surface area contributed by atoms with Crippen molar-refractivity contribution in [2.24, 2.45) is 0 Å². The second-order valence-electron chi connectivity index (χ2n) is 5.05. The fourth-order valence-electron chi connectivity index (χ4n) is 2.31. The Morgan fingerprint density at radius 2 is 2.17 bits per heavy atom. The number of nitrogens with one attached hydrogen (secondary N) is 3. The molecule has 8 heteroatoms. The van der Waals surface area contributed by atoms with Crippen molar-refractivity contribution in [3.63, 3.8) is 0 Å². The lowest BCUT2D eigenvalue weighted by molar-refractivity contribution is 0.0958. The predicted molar refractivity (Wildman–Crippen MR) is 89.2 cm³/mol. The quantitative estimate of drug-likeness (QED) is 0.679. The number of H-pyrrole nitrogens is 1. The van der Waals surface area contributed by atoms with Crippen LogP contribution in [0.15, 0.2) is 47.9 Å². The molecule has 0 unspecified atom stereocenters. The van der Waals surface area contributed by atoms with Crippen molar-refractivity contribution in [1.29, 1.82) is 0 Å². The van der Waals surface area contributed by atoms with E-state index >= 15 is 0 Å².